The van der Waals surface area contributed by atoms with E-state index in [0.29, 0.717) is 45.2 Å². The second-order valence-corrected chi connectivity index (χ2v) is 13.9. The molecule has 0 bridgehead atoms. The van der Waals surface area contributed by atoms with Crippen molar-refractivity contribution in [1.82, 2.24) is 10.2 Å². The molecule has 5 fully saturated rings. The molecule has 0 aromatic heterocycles. The van der Waals surface area contributed by atoms with E-state index in [9.17, 15) is 28.8 Å². The summed E-state index contributed by atoms with van der Waals surface area (Å²) in [6, 6.07) is -0.867. The Morgan fingerprint density at radius 1 is 1.07 bits per heavy atom. The largest absolute Gasteiger partial charge is 0.466 e. The molecule has 226 valence electrons. The van der Waals surface area contributed by atoms with Crippen molar-refractivity contribution in [2.24, 2.45) is 46.3 Å². The smallest absolute Gasteiger partial charge is 0.308 e. The van der Waals surface area contributed by atoms with Gasteiger partial charge in [-0.05, 0) is 67.6 Å². The highest BCUT2D eigenvalue weighted by Gasteiger charge is 2.66. The lowest BCUT2D eigenvalue weighted by Crippen LogP contribution is -2.60. The summed E-state index contributed by atoms with van der Waals surface area (Å²) in [6.45, 7) is 9.02. The van der Waals surface area contributed by atoms with Crippen LogP contribution in [0.2, 0.25) is 0 Å². The molecule has 4 aliphatic carbocycles. The molecule has 0 radical (unpaired) electrons. The highest BCUT2D eigenvalue weighted by molar-refractivity contribution is 5.93. The van der Waals surface area contributed by atoms with Gasteiger partial charge in [0.2, 0.25) is 11.8 Å². The predicted octanol–water partition coefficient (Wildman–Crippen LogP) is 3.27. The summed E-state index contributed by atoms with van der Waals surface area (Å²) in [5.41, 5.74) is -0.731. The number of hydrogen-bond donors (Lipinski definition) is 1. The van der Waals surface area contributed by atoms with E-state index in [1.165, 1.54) is 4.90 Å². The molecule has 9 heteroatoms. The van der Waals surface area contributed by atoms with E-state index in [2.05, 4.69) is 26.1 Å². The van der Waals surface area contributed by atoms with Gasteiger partial charge in [-0.3, -0.25) is 28.8 Å². The van der Waals surface area contributed by atoms with Crippen molar-refractivity contribution in [2.45, 2.75) is 97.9 Å². The van der Waals surface area contributed by atoms with E-state index in [0.717, 1.165) is 19.3 Å². The molecular weight excluding hydrogens is 524 g/mol. The van der Waals surface area contributed by atoms with Gasteiger partial charge in [-0.25, -0.2) is 0 Å². The van der Waals surface area contributed by atoms with Crippen LogP contribution in [-0.4, -0.2) is 65.8 Å². The van der Waals surface area contributed by atoms with Gasteiger partial charge in [-0.1, -0.05) is 20.8 Å². The molecule has 1 unspecified atom stereocenters. The highest BCUT2D eigenvalue weighted by atomic mass is 16.5. The first-order valence-electron chi connectivity index (χ1n) is 15.7. The van der Waals surface area contributed by atoms with Crippen LogP contribution >= 0.6 is 0 Å². The zero-order valence-corrected chi connectivity index (χ0v) is 25.0. The third-order valence-electron chi connectivity index (χ3n) is 12.0. The van der Waals surface area contributed by atoms with E-state index in [1.54, 1.807) is 6.92 Å². The third kappa shape index (κ3) is 5.05. The molecule has 0 spiro atoms. The summed E-state index contributed by atoms with van der Waals surface area (Å²) in [7, 11) is 0. The van der Waals surface area contributed by atoms with Gasteiger partial charge in [-0.15, -0.1) is 0 Å². The van der Waals surface area contributed by atoms with Crippen molar-refractivity contribution in [3.63, 3.8) is 0 Å². The van der Waals surface area contributed by atoms with Crippen LogP contribution in [0.25, 0.3) is 0 Å². The van der Waals surface area contributed by atoms with Crippen LogP contribution in [0.3, 0.4) is 0 Å². The second kappa shape index (κ2) is 11.3. The van der Waals surface area contributed by atoms with E-state index in [4.69, 9.17) is 4.74 Å². The van der Waals surface area contributed by atoms with Gasteiger partial charge >= 0.3 is 5.97 Å². The Kier molecular flexibility index (Phi) is 8.20. The number of Topliss-reactive ketones (excluding diaryl/α,β-unsaturated/α-hetero) is 3. The van der Waals surface area contributed by atoms with Crippen molar-refractivity contribution in [3.05, 3.63) is 0 Å². The van der Waals surface area contributed by atoms with Crippen LogP contribution in [0.15, 0.2) is 0 Å². The van der Waals surface area contributed by atoms with Crippen LogP contribution in [0.1, 0.15) is 91.9 Å². The van der Waals surface area contributed by atoms with Crippen molar-refractivity contribution in [3.8, 4) is 0 Å². The zero-order chi connectivity index (χ0) is 29.7. The molecular formula is C32H46N2O7. The molecule has 0 aromatic rings. The van der Waals surface area contributed by atoms with E-state index >= 15 is 0 Å². The van der Waals surface area contributed by atoms with Gasteiger partial charge in [0.05, 0.1) is 13.0 Å². The molecule has 41 heavy (non-hydrogen) atoms. The van der Waals surface area contributed by atoms with Crippen LogP contribution in [0.4, 0.5) is 0 Å². The Morgan fingerprint density at radius 3 is 2.56 bits per heavy atom. The van der Waals surface area contributed by atoms with Crippen molar-refractivity contribution >= 4 is 35.1 Å². The molecule has 2 amide bonds. The van der Waals surface area contributed by atoms with Gasteiger partial charge in [-0.2, -0.15) is 0 Å². The number of nitrogens with zero attached hydrogens (tertiary/aromatic N) is 1. The zero-order valence-electron chi connectivity index (χ0n) is 25.0. The number of rotatable bonds is 7. The van der Waals surface area contributed by atoms with E-state index < -0.39 is 17.4 Å². The van der Waals surface area contributed by atoms with Crippen LogP contribution in [0.5, 0.6) is 0 Å². The Morgan fingerprint density at radius 2 is 1.83 bits per heavy atom. The normalized spacial score (nSPS) is 39.4. The number of carbonyl (C=O) groups is 6. The average Bonchev–Trinajstić information content (AvgIpc) is 3.28. The molecule has 1 N–H and O–H groups in total. The first-order valence-corrected chi connectivity index (χ1v) is 15.7. The lowest BCUT2D eigenvalue weighted by Gasteiger charge is -2.58. The van der Waals surface area contributed by atoms with Gasteiger partial charge in [0, 0.05) is 56.5 Å². The fourth-order valence-electron chi connectivity index (χ4n) is 9.68. The summed E-state index contributed by atoms with van der Waals surface area (Å²) in [4.78, 5) is 79.3. The van der Waals surface area contributed by atoms with Crippen molar-refractivity contribution < 1.29 is 33.5 Å². The molecule has 0 aromatic carbocycles. The number of hydrogen-bond acceptors (Lipinski definition) is 7. The molecule has 9 nitrogen and oxygen atoms in total. The Labute approximate surface area is 242 Å². The number of fused-ring (bicyclic) bond motifs is 5. The van der Waals surface area contributed by atoms with E-state index in [1.807, 2.05) is 0 Å². The predicted molar refractivity (Wildman–Crippen MR) is 149 cm³/mol. The van der Waals surface area contributed by atoms with Gasteiger partial charge in [0.1, 0.15) is 23.4 Å². The minimum absolute atomic E-state index is 0.0135. The Bertz CT molecular complexity index is 1140. The second-order valence-electron chi connectivity index (χ2n) is 13.9. The maximum Gasteiger partial charge on any atom is 0.308 e. The number of nitrogens with one attached hydrogen (secondary N) is 1. The van der Waals surface area contributed by atoms with Crippen LogP contribution in [0, 0.1) is 46.3 Å². The fraction of sp³-hybridized carbons (Fsp3) is 0.812. The number of amides is 2. The molecule has 1 aliphatic heterocycles. The number of esters is 1. The quantitative estimate of drug-likeness (QED) is 0.466. The number of carbonyl (C=O) groups excluding carboxylic acids is 6. The molecule has 5 rings (SSSR count). The summed E-state index contributed by atoms with van der Waals surface area (Å²) >= 11 is 0. The lowest BCUT2D eigenvalue weighted by molar-refractivity contribution is -0.166. The van der Waals surface area contributed by atoms with Crippen molar-refractivity contribution in [1.29, 1.82) is 0 Å². The lowest BCUT2D eigenvalue weighted by atomic mass is 9.44. The molecule has 4 saturated carbocycles. The number of ether oxygens (including phenoxy) is 1. The fourth-order valence-corrected chi connectivity index (χ4v) is 9.68. The monoisotopic (exact) mass is 570 g/mol. The first kappa shape index (κ1) is 29.9. The number of piperazine rings is 1. The number of ketones is 3. The summed E-state index contributed by atoms with van der Waals surface area (Å²) in [5.74, 6) is -0.130. The van der Waals surface area contributed by atoms with Crippen molar-refractivity contribution in [2.75, 3.05) is 19.7 Å². The maximum absolute atomic E-state index is 14.0. The molecule has 1 heterocycles. The SMILES string of the molecule is CCOC(=O)CC1C(=O)NCCN1C(=O)CC[C@@H](C)[C@H]1CC[C@H]2[C@@H]3C(=O)C[C@@H]4CC(=O)CC[C@]4(C)[C@H]3CC(=O)[C@]12C. The highest BCUT2D eigenvalue weighted by Crippen LogP contribution is 2.66. The molecule has 9 atom stereocenters. The molecule has 5 aliphatic rings. The maximum atomic E-state index is 14.0. The minimum Gasteiger partial charge on any atom is -0.466 e. The summed E-state index contributed by atoms with van der Waals surface area (Å²) in [5, 5.41) is 2.74. The topological polar surface area (TPSA) is 127 Å². The molecule has 1 saturated heterocycles. The van der Waals surface area contributed by atoms with Crippen LogP contribution < -0.4 is 5.32 Å². The van der Waals surface area contributed by atoms with Gasteiger partial charge in [0.25, 0.3) is 0 Å². The van der Waals surface area contributed by atoms with E-state index in [-0.39, 0.29) is 89.5 Å². The van der Waals surface area contributed by atoms with Crippen LogP contribution in [-0.2, 0) is 33.5 Å². The minimum atomic E-state index is -0.867. The average molecular weight is 571 g/mol. The summed E-state index contributed by atoms with van der Waals surface area (Å²) < 4.78 is 5.02. The standard InChI is InChI=1S/C32H46N2O7/c1-5-41-28(39)17-24-30(40)33-12-13-34(24)27(38)9-6-18(2)21-7-8-22-29-23(16-26(37)32(21,22)4)31(3)11-10-20(35)14-19(31)15-25(29)36/h18-19,21-24,29H,5-17H2,1-4H3,(H,33,40)/t18-,19+,21-,22+,23+,24?,29+,31+,32-/m1/s1. The van der Waals surface area contributed by atoms with Gasteiger partial charge < -0.3 is 15.0 Å². The Hall–Kier alpha value is -2.58. The Balaban J connectivity index is 1.27. The third-order valence-corrected chi connectivity index (χ3v) is 12.0. The van der Waals surface area contributed by atoms with Gasteiger partial charge in [0.15, 0.2) is 0 Å². The first-order chi connectivity index (χ1) is 19.4. The summed E-state index contributed by atoms with van der Waals surface area (Å²) in [6.07, 6.45) is 4.99.